The molecule has 0 spiro atoms. The van der Waals surface area contributed by atoms with Gasteiger partial charge in [-0.05, 0) is 31.9 Å². The Balaban J connectivity index is 0.00000392. The van der Waals surface area contributed by atoms with Crippen LogP contribution in [0.15, 0.2) is 35.1 Å². The molecule has 0 atom stereocenters. The maximum Gasteiger partial charge on any atom is 1.00 e. The molecule has 0 bridgehead atoms. The molecule has 1 heterocycles. The molecule has 1 aromatic heterocycles. The van der Waals surface area contributed by atoms with E-state index in [0.717, 1.165) is 12.1 Å². The molecule has 0 aliphatic rings. The van der Waals surface area contributed by atoms with Gasteiger partial charge in [0.15, 0.2) is 0 Å². The molecule has 10 nitrogen and oxygen atoms in total. The van der Waals surface area contributed by atoms with Crippen LogP contribution in [-0.4, -0.2) is 34.6 Å². The molecule has 0 saturated heterocycles. The SMILES string of the molecule is CCOC(=O)c1cc(C(=O)OCC)c(=O)n(-c2cccc([N+](=O)[O-])c2)c1[O-].[Na+]. The number of pyridine rings is 1. The fraction of sp³-hybridized carbons (Fsp3) is 0.235. The Morgan fingerprint density at radius 1 is 1.07 bits per heavy atom. The number of benzene rings is 1. The molecule has 0 aliphatic carbocycles. The van der Waals surface area contributed by atoms with Crippen LogP contribution in [0, 0.1) is 10.1 Å². The number of aromatic nitrogens is 1. The first-order chi connectivity index (χ1) is 12.8. The third-order valence-electron chi connectivity index (χ3n) is 3.45. The standard InChI is InChI=1S/C17H16N2O8.Na/c1-3-26-16(22)12-9-13(17(23)27-4-2)15(21)18(14(12)20)10-6-5-7-11(8-10)19(24)25;/h5-9,20H,3-4H2,1-2H3;/q;+1/p-1. The average Bonchev–Trinajstić information content (AvgIpc) is 2.62. The van der Waals surface area contributed by atoms with Gasteiger partial charge in [0.2, 0.25) is 0 Å². The van der Waals surface area contributed by atoms with Crippen LogP contribution in [0.1, 0.15) is 34.6 Å². The Bertz CT molecular complexity index is 970. The summed E-state index contributed by atoms with van der Waals surface area (Å²) in [4.78, 5) is 47.1. The van der Waals surface area contributed by atoms with Gasteiger partial charge in [0, 0.05) is 12.1 Å². The number of rotatable bonds is 6. The molecule has 0 aliphatic heterocycles. The van der Waals surface area contributed by atoms with Crippen LogP contribution >= 0.6 is 0 Å². The second-order valence-corrected chi connectivity index (χ2v) is 5.14. The van der Waals surface area contributed by atoms with Crippen molar-refractivity contribution in [2.45, 2.75) is 13.8 Å². The van der Waals surface area contributed by atoms with Gasteiger partial charge < -0.3 is 14.6 Å². The predicted molar refractivity (Wildman–Crippen MR) is 90.1 cm³/mol. The average molecular weight is 398 g/mol. The molecule has 0 amide bonds. The van der Waals surface area contributed by atoms with Crippen molar-refractivity contribution in [3.05, 3.63) is 61.9 Å². The molecule has 0 N–H and O–H groups in total. The number of ether oxygens (including phenoxy) is 2. The second-order valence-electron chi connectivity index (χ2n) is 5.14. The zero-order valence-electron chi connectivity index (χ0n) is 15.5. The number of carbonyl (C=O) groups excluding carboxylic acids is 2. The molecular weight excluding hydrogens is 383 g/mol. The van der Waals surface area contributed by atoms with E-state index in [0.29, 0.717) is 4.57 Å². The van der Waals surface area contributed by atoms with E-state index in [2.05, 4.69) is 0 Å². The number of carbonyl (C=O) groups is 2. The number of non-ortho nitro benzene ring substituents is 1. The zero-order chi connectivity index (χ0) is 20.1. The second kappa shape index (κ2) is 10.0. The van der Waals surface area contributed by atoms with Crippen molar-refractivity contribution >= 4 is 17.6 Å². The minimum absolute atomic E-state index is 0. The molecule has 0 fully saturated rings. The van der Waals surface area contributed by atoms with Gasteiger partial charge >= 0.3 is 41.5 Å². The minimum atomic E-state index is -1.06. The van der Waals surface area contributed by atoms with Crippen molar-refractivity contribution in [2.24, 2.45) is 0 Å². The Morgan fingerprint density at radius 2 is 1.64 bits per heavy atom. The van der Waals surface area contributed by atoms with Gasteiger partial charge in [-0.1, -0.05) is 6.07 Å². The van der Waals surface area contributed by atoms with E-state index in [-0.39, 0.29) is 54.1 Å². The first kappa shape index (κ1) is 23.3. The molecule has 0 unspecified atom stereocenters. The predicted octanol–water partition coefficient (Wildman–Crippen LogP) is -1.82. The summed E-state index contributed by atoms with van der Waals surface area (Å²) in [7, 11) is 0. The van der Waals surface area contributed by atoms with E-state index >= 15 is 0 Å². The molecule has 1 aromatic carbocycles. The number of nitro benzene ring substituents is 1. The summed E-state index contributed by atoms with van der Waals surface area (Å²) in [5.41, 5.74) is -2.74. The van der Waals surface area contributed by atoms with Gasteiger partial charge in [0.1, 0.15) is 5.56 Å². The topological polar surface area (TPSA) is 141 Å². The largest absolute Gasteiger partial charge is 1.00 e. The zero-order valence-corrected chi connectivity index (χ0v) is 17.5. The maximum atomic E-state index is 12.7. The summed E-state index contributed by atoms with van der Waals surface area (Å²) in [6.45, 7) is 2.96. The van der Waals surface area contributed by atoms with Crippen molar-refractivity contribution in [1.29, 1.82) is 0 Å². The molecule has 11 heteroatoms. The Labute approximate surface area is 181 Å². The number of hydrogen-bond donors (Lipinski definition) is 0. The van der Waals surface area contributed by atoms with E-state index in [1.54, 1.807) is 0 Å². The molecule has 0 saturated carbocycles. The first-order valence-corrected chi connectivity index (χ1v) is 7.87. The van der Waals surface area contributed by atoms with Crippen molar-refractivity contribution in [2.75, 3.05) is 13.2 Å². The van der Waals surface area contributed by atoms with Gasteiger partial charge in [-0.3, -0.25) is 19.5 Å². The first-order valence-electron chi connectivity index (χ1n) is 7.87. The Hall–Kier alpha value is -2.69. The van der Waals surface area contributed by atoms with Crippen LogP contribution in [0.5, 0.6) is 5.88 Å². The van der Waals surface area contributed by atoms with Crippen LogP contribution in [0.25, 0.3) is 5.69 Å². The van der Waals surface area contributed by atoms with Crippen molar-refractivity contribution in [1.82, 2.24) is 4.57 Å². The van der Waals surface area contributed by atoms with Crippen molar-refractivity contribution in [3.63, 3.8) is 0 Å². The number of hydrogen-bond acceptors (Lipinski definition) is 8. The van der Waals surface area contributed by atoms with Crippen molar-refractivity contribution in [3.8, 4) is 11.6 Å². The van der Waals surface area contributed by atoms with Gasteiger partial charge in [0.25, 0.3) is 11.2 Å². The van der Waals surface area contributed by atoms with E-state index in [9.17, 15) is 29.6 Å². The van der Waals surface area contributed by atoms with Crippen LogP contribution in [0.3, 0.4) is 0 Å². The molecule has 2 aromatic rings. The van der Waals surface area contributed by atoms with Crippen LogP contribution < -0.4 is 40.2 Å². The molecule has 142 valence electrons. The van der Waals surface area contributed by atoms with Crippen LogP contribution in [0.2, 0.25) is 0 Å². The third kappa shape index (κ3) is 4.77. The van der Waals surface area contributed by atoms with Crippen LogP contribution in [-0.2, 0) is 9.47 Å². The van der Waals surface area contributed by atoms with E-state index in [4.69, 9.17) is 9.47 Å². The Morgan fingerprint density at radius 3 is 2.18 bits per heavy atom. The summed E-state index contributed by atoms with van der Waals surface area (Å²) in [5, 5.41) is 23.6. The summed E-state index contributed by atoms with van der Waals surface area (Å²) in [5.74, 6) is -3.13. The van der Waals surface area contributed by atoms with Gasteiger partial charge in [0.05, 0.1) is 29.4 Å². The monoisotopic (exact) mass is 398 g/mol. The maximum absolute atomic E-state index is 12.7. The number of esters is 2. The summed E-state index contributed by atoms with van der Waals surface area (Å²) in [6.07, 6.45) is 0. The van der Waals surface area contributed by atoms with Gasteiger partial charge in [-0.15, -0.1) is 0 Å². The molecule has 2 rings (SSSR count). The van der Waals surface area contributed by atoms with Gasteiger partial charge in [-0.25, -0.2) is 9.59 Å². The van der Waals surface area contributed by atoms with E-state index < -0.39 is 39.4 Å². The smallest absolute Gasteiger partial charge is 0.859 e. The minimum Gasteiger partial charge on any atom is -0.859 e. The normalized spacial score (nSPS) is 9.93. The summed E-state index contributed by atoms with van der Waals surface area (Å²) < 4.78 is 10.1. The number of nitro groups is 1. The van der Waals surface area contributed by atoms with E-state index in [1.165, 1.54) is 32.0 Å². The molecule has 0 radical (unpaired) electrons. The number of nitrogens with zero attached hydrogens (tertiary/aromatic N) is 2. The van der Waals surface area contributed by atoms with E-state index in [1.807, 2.05) is 0 Å². The third-order valence-corrected chi connectivity index (χ3v) is 3.45. The summed E-state index contributed by atoms with van der Waals surface area (Å²) in [6, 6.07) is 5.49. The quantitative estimate of drug-likeness (QED) is 0.240. The fourth-order valence-corrected chi connectivity index (χ4v) is 2.29. The van der Waals surface area contributed by atoms with Crippen molar-refractivity contribution < 1.29 is 58.6 Å². The van der Waals surface area contributed by atoms with Crippen LogP contribution in [0.4, 0.5) is 5.69 Å². The molecular formula is C17H15N2NaO8. The fourth-order valence-electron chi connectivity index (χ4n) is 2.29. The Kier molecular flexibility index (Phi) is 8.35. The summed E-state index contributed by atoms with van der Waals surface area (Å²) >= 11 is 0. The van der Waals surface area contributed by atoms with Gasteiger partial charge in [-0.2, -0.15) is 0 Å². The molecule has 28 heavy (non-hydrogen) atoms.